The Morgan fingerprint density at radius 1 is 1.44 bits per heavy atom. The Bertz CT molecular complexity index is 530. The van der Waals surface area contributed by atoms with Crippen molar-refractivity contribution < 1.29 is 0 Å². The van der Waals surface area contributed by atoms with E-state index < -0.39 is 0 Å². The molecular formula is C11H13BrN4. The van der Waals surface area contributed by atoms with Crippen molar-refractivity contribution in [2.24, 2.45) is 5.73 Å². The second kappa shape index (κ2) is 3.53. The fourth-order valence-corrected chi connectivity index (χ4v) is 2.11. The fraction of sp³-hybridized carbons (Fsp3) is 0.455. The minimum Gasteiger partial charge on any atom is -0.325 e. The largest absolute Gasteiger partial charge is 0.325 e. The lowest BCUT2D eigenvalue weighted by Crippen LogP contribution is -2.22. The molecule has 0 amide bonds. The predicted octanol–water partition coefficient (Wildman–Crippen LogP) is 1.92. The Morgan fingerprint density at radius 2 is 2.25 bits per heavy atom. The van der Waals surface area contributed by atoms with Crippen molar-refractivity contribution in [1.82, 2.24) is 14.6 Å². The number of hydrogen-bond acceptors (Lipinski definition) is 3. The summed E-state index contributed by atoms with van der Waals surface area (Å²) in [6.07, 6.45) is 6.07. The van der Waals surface area contributed by atoms with Crippen molar-refractivity contribution in [1.29, 1.82) is 0 Å². The smallest absolute Gasteiger partial charge is 0.155 e. The van der Waals surface area contributed by atoms with E-state index in [1.54, 1.807) is 4.52 Å². The molecule has 1 saturated carbocycles. The molecule has 4 nitrogen and oxygen atoms in total. The molecule has 3 rings (SSSR count). The van der Waals surface area contributed by atoms with E-state index in [2.05, 4.69) is 26.0 Å². The van der Waals surface area contributed by atoms with Crippen LogP contribution in [0.2, 0.25) is 0 Å². The lowest BCUT2D eigenvalue weighted by molar-refractivity contribution is 0.595. The number of nitrogens with zero attached hydrogens (tertiary/aromatic N) is 3. The number of fused-ring (bicyclic) bond motifs is 1. The van der Waals surface area contributed by atoms with Gasteiger partial charge in [-0.3, -0.25) is 0 Å². The Labute approximate surface area is 102 Å². The summed E-state index contributed by atoms with van der Waals surface area (Å²) in [4.78, 5) is 4.46. The molecule has 2 N–H and O–H groups in total. The van der Waals surface area contributed by atoms with Gasteiger partial charge in [-0.25, -0.2) is 9.50 Å². The summed E-state index contributed by atoms with van der Waals surface area (Å²) in [6.45, 7) is 0. The van der Waals surface area contributed by atoms with Gasteiger partial charge in [-0.05, 0) is 47.3 Å². The molecule has 1 aliphatic carbocycles. The molecular weight excluding hydrogens is 268 g/mol. The maximum atomic E-state index is 6.04. The molecule has 84 valence electrons. The lowest BCUT2D eigenvalue weighted by Gasteiger charge is -2.04. The Balaban J connectivity index is 1.82. The minimum atomic E-state index is 0.0814. The third kappa shape index (κ3) is 1.97. The van der Waals surface area contributed by atoms with Crippen LogP contribution in [0.3, 0.4) is 0 Å². The summed E-state index contributed by atoms with van der Waals surface area (Å²) in [5, 5.41) is 4.42. The zero-order valence-corrected chi connectivity index (χ0v) is 10.4. The van der Waals surface area contributed by atoms with Gasteiger partial charge >= 0.3 is 0 Å². The third-order valence-corrected chi connectivity index (χ3v) is 3.55. The normalized spacial score (nSPS) is 17.9. The topological polar surface area (TPSA) is 56.2 Å². The SMILES string of the molecule is NC1(CCc2nc3ccc(Br)cn3n2)CC1. The molecule has 2 heterocycles. The number of aryl methyl sites for hydroxylation is 1. The van der Waals surface area contributed by atoms with Crippen molar-refractivity contribution in [2.45, 2.75) is 31.2 Å². The lowest BCUT2D eigenvalue weighted by atomic mass is 10.1. The van der Waals surface area contributed by atoms with Crippen LogP contribution in [0, 0.1) is 0 Å². The number of aromatic nitrogens is 3. The molecule has 2 aromatic heterocycles. The zero-order valence-electron chi connectivity index (χ0n) is 8.86. The van der Waals surface area contributed by atoms with Gasteiger partial charge in [-0.15, -0.1) is 0 Å². The van der Waals surface area contributed by atoms with E-state index in [1.807, 2.05) is 18.3 Å². The Hall–Kier alpha value is -0.940. The van der Waals surface area contributed by atoms with Crippen LogP contribution in [-0.4, -0.2) is 20.1 Å². The summed E-state index contributed by atoms with van der Waals surface area (Å²) >= 11 is 3.41. The van der Waals surface area contributed by atoms with Gasteiger partial charge in [0, 0.05) is 22.6 Å². The van der Waals surface area contributed by atoms with Gasteiger partial charge in [0.25, 0.3) is 0 Å². The summed E-state index contributed by atoms with van der Waals surface area (Å²) < 4.78 is 2.81. The summed E-state index contributed by atoms with van der Waals surface area (Å²) in [5.41, 5.74) is 7.01. The second-order valence-electron chi connectivity index (χ2n) is 4.54. The summed E-state index contributed by atoms with van der Waals surface area (Å²) in [6, 6.07) is 3.93. The fourth-order valence-electron chi connectivity index (χ4n) is 1.78. The Morgan fingerprint density at radius 3 is 3.00 bits per heavy atom. The first-order chi connectivity index (χ1) is 7.65. The predicted molar refractivity (Wildman–Crippen MR) is 65.2 cm³/mol. The third-order valence-electron chi connectivity index (χ3n) is 3.08. The van der Waals surface area contributed by atoms with Crippen molar-refractivity contribution >= 4 is 21.6 Å². The van der Waals surface area contributed by atoms with Gasteiger partial charge in [0.2, 0.25) is 0 Å². The standard InChI is InChI=1S/C11H13BrN4/c12-8-1-2-10-14-9(15-16(10)7-8)3-4-11(13)5-6-11/h1-2,7H,3-6,13H2. The molecule has 1 aliphatic rings. The molecule has 16 heavy (non-hydrogen) atoms. The molecule has 0 aliphatic heterocycles. The Kier molecular flexibility index (Phi) is 2.26. The molecule has 1 fully saturated rings. The highest BCUT2D eigenvalue weighted by Gasteiger charge is 2.37. The van der Waals surface area contributed by atoms with E-state index in [-0.39, 0.29) is 5.54 Å². The maximum Gasteiger partial charge on any atom is 0.155 e. The first kappa shape index (κ1) is 10.2. The first-order valence-electron chi connectivity index (χ1n) is 5.44. The van der Waals surface area contributed by atoms with Crippen LogP contribution in [-0.2, 0) is 6.42 Å². The highest BCUT2D eigenvalue weighted by molar-refractivity contribution is 9.10. The number of rotatable bonds is 3. The number of nitrogens with two attached hydrogens (primary N) is 1. The number of hydrogen-bond donors (Lipinski definition) is 1. The molecule has 2 aromatic rings. The van der Waals surface area contributed by atoms with Gasteiger partial charge in [0.05, 0.1) is 0 Å². The van der Waals surface area contributed by atoms with Crippen molar-refractivity contribution in [3.05, 3.63) is 28.6 Å². The second-order valence-corrected chi connectivity index (χ2v) is 5.46. The van der Waals surface area contributed by atoms with Gasteiger partial charge in [0.1, 0.15) is 0 Å². The van der Waals surface area contributed by atoms with E-state index in [1.165, 1.54) is 0 Å². The zero-order chi connectivity index (χ0) is 11.2. The highest BCUT2D eigenvalue weighted by atomic mass is 79.9. The summed E-state index contributed by atoms with van der Waals surface area (Å²) in [7, 11) is 0. The number of pyridine rings is 1. The van der Waals surface area contributed by atoms with Crippen LogP contribution in [0.5, 0.6) is 0 Å². The molecule has 5 heteroatoms. The summed E-state index contributed by atoms with van der Waals surface area (Å²) in [5.74, 6) is 0.884. The molecule has 0 aromatic carbocycles. The molecule has 0 atom stereocenters. The van der Waals surface area contributed by atoms with E-state index in [9.17, 15) is 0 Å². The van der Waals surface area contributed by atoms with Crippen LogP contribution in [0.4, 0.5) is 0 Å². The number of halogens is 1. The first-order valence-corrected chi connectivity index (χ1v) is 6.24. The molecule has 0 spiro atoms. The monoisotopic (exact) mass is 280 g/mol. The average Bonchev–Trinajstić information content (AvgIpc) is 2.85. The molecule has 0 saturated heterocycles. The van der Waals surface area contributed by atoms with Crippen molar-refractivity contribution in [2.75, 3.05) is 0 Å². The molecule has 0 unspecified atom stereocenters. The quantitative estimate of drug-likeness (QED) is 0.935. The van der Waals surface area contributed by atoms with Gasteiger partial charge < -0.3 is 5.73 Å². The van der Waals surface area contributed by atoms with Crippen LogP contribution in [0.25, 0.3) is 5.65 Å². The van der Waals surface area contributed by atoms with Crippen LogP contribution in [0.1, 0.15) is 25.1 Å². The highest BCUT2D eigenvalue weighted by Crippen LogP contribution is 2.36. The van der Waals surface area contributed by atoms with Gasteiger partial charge in [-0.1, -0.05) is 0 Å². The van der Waals surface area contributed by atoms with Crippen molar-refractivity contribution in [3.63, 3.8) is 0 Å². The molecule has 0 bridgehead atoms. The van der Waals surface area contributed by atoms with E-state index in [4.69, 9.17) is 5.73 Å². The molecule has 0 radical (unpaired) electrons. The van der Waals surface area contributed by atoms with Gasteiger partial charge in [0.15, 0.2) is 11.5 Å². The van der Waals surface area contributed by atoms with Crippen molar-refractivity contribution in [3.8, 4) is 0 Å². The van der Waals surface area contributed by atoms with Crippen LogP contribution < -0.4 is 5.73 Å². The van der Waals surface area contributed by atoms with Crippen LogP contribution in [0.15, 0.2) is 22.8 Å². The maximum absolute atomic E-state index is 6.04. The average molecular weight is 281 g/mol. The van der Waals surface area contributed by atoms with E-state index in [0.717, 1.165) is 41.6 Å². The van der Waals surface area contributed by atoms with Crippen LogP contribution >= 0.6 is 15.9 Å². The van der Waals surface area contributed by atoms with E-state index in [0.29, 0.717) is 0 Å². The minimum absolute atomic E-state index is 0.0814. The van der Waals surface area contributed by atoms with Gasteiger partial charge in [-0.2, -0.15) is 5.10 Å². The van der Waals surface area contributed by atoms with E-state index >= 15 is 0 Å².